The van der Waals surface area contributed by atoms with Gasteiger partial charge in [0.15, 0.2) is 0 Å². The topological polar surface area (TPSA) is 43.1 Å². The van der Waals surface area contributed by atoms with Crippen LogP contribution >= 0.6 is 0 Å². The first-order valence-corrected chi connectivity index (χ1v) is 5.05. The van der Waals surface area contributed by atoms with Crippen molar-refractivity contribution in [2.45, 2.75) is 44.6 Å². The molecule has 0 spiro atoms. The normalized spacial score (nSPS) is 42.4. The lowest BCUT2D eigenvalue weighted by molar-refractivity contribution is -0.124. The molecule has 2 aliphatic rings. The highest BCUT2D eigenvalue weighted by Gasteiger charge is 2.35. The molecular weight excluding hydrogens is 150 g/mol. The van der Waals surface area contributed by atoms with Crippen molar-refractivity contribution in [1.29, 1.82) is 0 Å². The Morgan fingerprint density at radius 1 is 1.17 bits per heavy atom. The van der Waals surface area contributed by atoms with Crippen LogP contribution in [0.1, 0.15) is 38.5 Å². The zero-order chi connectivity index (χ0) is 8.55. The van der Waals surface area contributed by atoms with E-state index in [0.29, 0.717) is 11.7 Å². The molecule has 0 aromatic rings. The van der Waals surface area contributed by atoms with E-state index in [9.17, 15) is 4.79 Å². The van der Waals surface area contributed by atoms with E-state index in [-0.39, 0.29) is 6.04 Å². The zero-order valence-electron chi connectivity index (χ0n) is 7.46. The molecule has 0 radical (unpaired) electrons. The number of Topliss-reactive ketones (excluding diaryl/α,β-unsaturated/α-hetero) is 1. The highest BCUT2D eigenvalue weighted by atomic mass is 16.1. The molecule has 2 aliphatic carbocycles. The minimum atomic E-state index is -0.135. The van der Waals surface area contributed by atoms with Gasteiger partial charge in [-0.25, -0.2) is 0 Å². The van der Waals surface area contributed by atoms with Crippen molar-refractivity contribution in [2.75, 3.05) is 0 Å². The SMILES string of the molecule is N[C@@H]1C[C@@H]2CCCC[C@H]2CC1=O. The standard InChI is InChI=1S/C10H17NO/c11-9-5-7-3-1-2-4-8(7)6-10(9)12/h7-9H,1-6,11H2/t7-,8-,9+/m0/s1. The maximum absolute atomic E-state index is 11.3. The van der Waals surface area contributed by atoms with Gasteiger partial charge in [0.1, 0.15) is 5.78 Å². The van der Waals surface area contributed by atoms with Crippen LogP contribution in [0.25, 0.3) is 0 Å². The summed E-state index contributed by atoms with van der Waals surface area (Å²) in [5.41, 5.74) is 5.74. The van der Waals surface area contributed by atoms with Crippen molar-refractivity contribution in [3.63, 3.8) is 0 Å². The first-order chi connectivity index (χ1) is 5.77. The predicted molar refractivity (Wildman–Crippen MR) is 47.7 cm³/mol. The number of carbonyl (C=O) groups is 1. The van der Waals surface area contributed by atoms with E-state index in [1.165, 1.54) is 25.7 Å². The molecule has 2 N–H and O–H groups in total. The lowest BCUT2D eigenvalue weighted by Crippen LogP contribution is -2.42. The summed E-state index contributed by atoms with van der Waals surface area (Å²) in [4.78, 5) is 11.3. The fraction of sp³-hybridized carbons (Fsp3) is 0.900. The number of hydrogen-bond acceptors (Lipinski definition) is 2. The summed E-state index contributed by atoms with van der Waals surface area (Å²) < 4.78 is 0. The van der Waals surface area contributed by atoms with Crippen LogP contribution in [0.4, 0.5) is 0 Å². The Balaban J connectivity index is 2.02. The minimum Gasteiger partial charge on any atom is -0.321 e. The van der Waals surface area contributed by atoms with E-state index in [1.807, 2.05) is 0 Å². The van der Waals surface area contributed by atoms with Crippen LogP contribution in [0.3, 0.4) is 0 Å². The van der Waals surface area contributed by atoms with Gasteiger partial charge in [0.05, 0.1) is 6.04 Å². The van der Waals surface area contributed by atoms with Crippen LogP contribution in [-0.2, 0) is 4.79 Å². The van der Waals surface area contributed by atoms with Crippen molar-refractivity contribution in [3.8, 4) is 0 Å². The first kappa shape index (κ1) is 8.24. The van der Waals surface area contributed by atoms with E-state index >= 15 is 0 Å². The Bertz CT molecular complexity index is 190. The number of hydrogen-bond donors (Lipinski definition) is 1. The maximum Gasteiger partial charge on any atom is 0.149 e. The van der Waals surface area contributed by atoms with Gasteiger partial charge in [-0.05, 0) is 24.7 Å². The van der Waals surface area contributed by atoms with Gasteiger partial charge in [-0.3, -0.25) is 4.79 Å². The lowest BCUT2D eigenvalue weighted by atomic mass is 9.69. The van der Waals surface area contributed by atoms with Crippen LogP contribution < -0.4 is 5.73 Å². The lowest BCUT2D eigenvalue weighted by Gasteiger charge is -2.37. The molecule has 2 saturated carbocycles. The number of ketones is 1. The largest absolute Gasteiger partial charge is 0.321 e. The fourth-order valence-electron chi connectivity index (χ4n) is 2.73. The van der Waals surface area contributed by atoms with Gasteiger partial charge >= 0.3 is 0 Å². The summed E-state index contributed by atoms with van der Waals surface area (Å²) in [5, 5.41) is 0. The monoisotopic (exact) mass is 167 g/mol. The molecule has 0 aromatic heterocycles. The molecule has 2 heteroatoms. The number of rotatable bonds is 0. The van der Waals surface area contributed by atoms with E-state index in [4.69, 9.17) is 5.73 Å². The molecule has 0 saturated heterocycles. The quantitative estimate of drug-likeness (QED) is 0.594. The van der Waals surface area contributed by atoms with Gasteiger partial charge in [-0.2, -0.15) is 0 Å². The summed E-state index contributed by atoms with van der Waals surface area (Å²) in [6, 6.07) is -0.135. The molecule has 0 aliphatic heterocycles. The first-order valence-electron chi connectivity index (χ1n) is 5.05. The maximum atomic E-state index is 11.3. The van der Waals surface area contributed by atoms with Gasteiger partial charge in [0.25, 0.3) is 0 Å². The summed E-state index contributed by atoms with van der Waals surface area (Å²) >= 11 is 0. The molecule has 0 bridgehead atoms. The van der Waals surface area contributed by atoms with Crippen LogP contribution in [0.2, 0.25) is 0 Å². The average molecular weight is 167 g/mol. The van der Waals surface area contributed by atoms with Crippen molar-refractivity contribution in [3.05, 3.63) is 0 Å². The number of nitrogens with two attached hydrogens (primary N) is 1. The van der Waals surface area contributed by atoms with Crippen molar-refractivity contribution in [2.24, 2.45) is 17.6 Å². The van der Waals surface area contributed by atoms with Crippen LogP contribution in [0.5, 0.6) is 0 Å². The molecule has 12 heavy (non-hydrogen) atoms. The summed E-state index contributed by atoms with van der Waals surface area (Å²) in [5.74, 6) is 1.76. The molecule has 68 valence electrons. The second kappa shape index (κ2) is 3.17. The fourth-order valence-corrected chi connectivity index (χ4v) is 2.73. The van der Waals surface area contributed by atoms with Gasteiger partial charge in [-0.15, -0.1) is 0 Å². The third-order valence-corrected chi connectivity index (χ3v) is 3.50. The Labute approximate surface area is 73.5 Å². The van der Waals surface area contributed by atoms with Gasteiger partial charge in [0, 0.05) is 6.42 Å². The van der Waals surface area contributed by atoms with Crippen LogP contribution in [0, 0.1) is 11.8 Å². The van der Waals surface area contributed by atoms with Gasteiger partial charge in [-0.1, -0.05) is 19.3 Å². The summed E-state index contributed by atoms with van der Waals surface area (Å²) in [6.07, 6.45) is 6.98. The van der Waals surface area contributed by atoms with Crippen LogP contribution in [-0.4, -0.2) is 11.8 Å². The van der Waals surface area contributed by atoms with Crippen molar-refractivity contribution in [1.82, 2.24) is 0 Å². The van der Waals surface area contributed by atoms with Crippen LogP contribution in [0.15, 0.2) is 0 Å². The molecule has 0 aromatic carbocycles. The molecular formula is C10H17NO. The second-order valence-corrected chi connectivity index (χ2v) is 4.32. The molecule has 2 nitrogen and oxygen atoms in total. The Morgan fingerprint density at radius 3 is 2.58 bits per heavy atom. The molecule has 2 rings (SSSR count). The highest BCUT2D eigenvalue weighted by Crippen LogP contribution is 2.38. The average Bonchev–Trinajstić information content (AvgIpc) is 2.07. The van der Waals surface area contributed by atoms with E-state index < -0.39 is 0 Å². The summed E-state index contributed by atoms with van der Waals surface area (Å²) in [6.45, 7) is 0. The van der Waals surface area contributed by atoms with E-state index in [1.54, 1.807) is 0 Å². The molecule has 0 heterocycles. The highest BCUT2D eigenvalue weighted by molar-refractivity contribution is 5.84. The third kappa shape index (κ3) is 1.40. The summed E-state index contributed by atoms with van der Waals surface area (Å²) in [7, 11) is 0. The number of fused-ring (bicyclic) bond motifs is 1. The van der Waals surface area contributed by atoms with Crippen molar-refractivity contribution >= 4 is 5.78 Å². The van der Waals surface area contributed by atoms with E-state index in [2.05, 4.69) is 0 Å². The predicted octanol–water partition coefficient (Wildman–Crippen LogP) is 1.48. The smallest absolute Gasteiger partial charge is 0.149 e. The number of carbonyl (C=O) groups excluding carboxylic acids is 1. The van der Waals surface area contributed by atoms with E-state index in [0.717, 1.165) is 18.8 Å². The van der Waals surface area contributed by atoms with Gasteiger partial charge < -0.3 is 5.73 Å². The third-order valence-electron chi connectivity index (χ3n) is 3.50. The molecule has 0 unspecified atom stereocenters. The molecule has 2 fully saturated rings. The molecule has 0 amide bonds. The second-order valence-electron chi connectivity index (χ2n) is 4.32. The van der Waals surface area contributed by atoms with Crippen molar-refractivity contribution < 1.29 is 4.79 Å². The Kier molecular flexibility index (Phi) is 2.18. The Morgan fingerprint density at radius 2 is 1.83 bits per heavy atom. The minimum absolute atomic E-state index is 0.135. The molecule has 3 atom stereocenters. The Hall–Kier alpha value is -0.370. The zero-order valence-corrected chi connectivity index (χ0v) is 7.46. The van der Waals surface area contributed by atoms with Gasteiger partial charge in [0.2, 0.25) is 0 Å².